The molecule has 2 aromatic rings. The van der Waals surface area contributed by atoms with Gasteiger partial charge >= 0.3 is 0 Å². The van der Waals surface area contributed by atoms with Crippen molar-refractivity contribution in [2.75, 3.05) is 39.9 Å². The van der Waals surface area contributed by atoms with Crippen molar-refractivity contribution >= 4 is 10.0 Å². The highest BCUT2D eigenvalue weighted by Crippen LogP contribution is 2.34. The number of rotatable bonds is 3. The second-order valence-electron chi connectivity index (χ2n) is 6.14. The molecular formula is C16H20N4O4S. The Morgan fingerprint density at radius 1 is 1.20 bits per heavy atom. The maximum Gasteiger partial charge on any atom is 0.243 e. The van der Waals surface area contributed by atoms with Crippen LogP contribution >= 0.6 is 0 Å². The zero-order chi connectivity index (χ0) is 17.4. The van der Waals surface area contributed by atoms with E-state index in [-0.39, 0.29) is 10.9 Å². The Hall–Kier alpha value is -2.10. The highest BCUT2D eigenvalue weighted by molar-refractivity contribution is 7.89. The number of fused-ring (bicyclic) bond motifs is 1. The summed E-state index contributed by atoms with van der Waals surface area (Å²) in [6.45, 7) is 2.31. The Morgan fingerprint density at radius 3 is 2.76 bits per heavy atom. The van der Waals surface area contributed by atoms with Gasteiger partial charge in [-0.15, -0.1) is 0 Å². The quantitative estimate of drug-likeness (QED) is 0.869. The summed E-state index contributed by atoms with van der Waals surface area (Å²) in [6, 6.07) is 4.67. The van der Waals surface area contributed by atoms with Gasteiger partial charge in [-0.1, -0.05) is 0 Å². The SMILES string of the molecule is CN1CCN(S(=O)(=O)c2ccc3c(c2)OCCO3)C[C@H]1c1ncc[nH]1. The topological polar surface area (TPSA) is 87.8 Å². The predicted octanol–water partition coefficient (Wildman–Crippen LogP) is 0.858. The number of H-pyrrole nitrogens is 1. The molecule has 2 aliphatic rings. The molecule has 8 nitrogen and oxygen atoms in total. The van der Waals surface area contributed by atoms with E-state index >= 15 is 0 Å². The normalized spacial score (nSPS) is 22.0. The fraction of sp³-hybridized carbons (Fsp3) is 0.438. The van der Waals surface area contributed by atoms with Crippen LogP contribution in [0.15, 0.2) is 35.5 Å². The number of sulfonamides is 1. The number of imidazole rings is 1. The molecule has 0 aliphatic carbocycles. The Balaban J connectivity index is 1.61. The zero-order valence-corrected chi connectivity index (χ0v) is 14.7. The van der Waals surface area contributed by atoms with Crippen LogP contribution in [0.4, 0.5) is 0 Å². The van der Waals surface area contributed by atoms with Gasteiger partial charge in [-0.3, -0.25) is 4.90 Å². The van der Waals surface area contributed by atoms with Crippen LogP contribution < -0.4 is 9.47 Å². The zero-order valence-electron chi connectivity index (χ0n) is 13.9. The van der Waals surface area contributed by atoms with Crippen molar-refractivity contribution in [2.24, 2.45) is 0 Å². The van der Waals surface area contributed by atoms with E-state index < -0.39 is 10.0 Å². The third-order valence-electron chi connectivity index (χ3n) is 4.60. The number of hydrogen-bond acceptors (Lipinski definition) is 6. The average molecular weight is 364 g/mol. The lowest BCUT2D eigenvalue weighted by molar-refractivity contribution is 0.142. The number of nitrogens with zero attached hydrogens (tertiary/aromatic N) is 3. The number of aromatic nitrogens is 2. The first-order valence-electron chi connectivity index (χ1n) is 8.15. The molecule has 2 aliphatic heterocycles. The molecule has 1 atom stereocenters. The highest BCUT2D eigenvalue weighted by Gasteiger charge is 2.35. The Bertz CT molecular complexity index is 853. The van der Waals surface area contributed by atoms with Gasteiger partial charge in [0.2, 0.25) is 10.0 Å². The molecule has 0 amide bonds. The van der Waals surface area contributed by atoms with Crippen LogP contribution in [0.1, 0.15) is 11.9 Å². The Morgan fingerprint density at radius 2 is 2.00 bits per heavy atom. The first kappa shape index (κ1) is 16.4. The molecule has 0 bridgehead atoms. The number of benzene rings is 1. The smallest absolute Gasteiger partial charge is 0.243 e. The van der Waals surface area contributed by atoms with Gasteiger partial charge in [0.15, 0.2) is 11.5 Å². The van der Waals surface area contributed by atoms with Crippen molar-refractivity contribution < 1.29 is 17.9 Å². The second kappa shape index (κ2) is 6.32. The lowest BCUT2D eigenvalue weighted by atomic mass is 10.2. The molecule has 1 aromatic carbocycles. The summed E-state index contributed by atoms with van der Waals surface area (Å²) in [5.74, 6) is 1.82. The molecule has 3 heterocycles. The van der Waals surface area contributed by atoms with Crippen molar-refractivity contribution in [1.29, 1.82) is 0 Å². The van der Waals surface area contributed by atoms with Crippen molar-refractivity contribution in [2.45, 2.75) is 10.9 Å². The summed E-state index contributed by atoms with van der Waals surface area (Å²) in [7, 11) is -1.64. The molecular weight excluding hydrogens is 344 g/mol. The number of likely N-dealkylation sites (N-methyl/N-ethyl adjacent to an activating group) is 1. The molecule has 25 heavy (non-hydrogen) atoms. The van der Waals surface area contributed by atoms with Crippen LogP contribution in [0.5, 0.6) is 11.5 Å². The minimum atomic E-state index is -3.61. The standard InChI is InChI=1S/C16H20N4O4S/c1-19-6-7-20(11-13(19)16-17-4-5-18-16)25(21,22)12-2-3-14-15(10-12)24-9-8-23-14/h2-5,10,13H,6-9,11H2,1H3,(H,17,18)/t13-/m0/s1. The maximum absolute atomic E-state index is 13.1. The van der Waals surface area contributed by atoms with Crippen LogP contribution in [0.25, 0.3) is 0 Å². The van der Waals surface area contributed by atoms with E-state index in [4.69, 9.17) is 9.47 Å². The van der Waals surface area contributed by atoms with E-state index in [0.29, 0.717) is 44.3 Å². The van der Waals surface area contributed by atoms with E-state index in [1.165, 1.54) is 4.31 Å². The van der Waals surface area contributed by atoms with E-state index in [9.17, 15) is 8.42 Å². The second-order valence-corrected chi connectivity index (χ2v) is 8.08. The summed E-state index contributed by atoms with van der Waals surface area (Å²) in [5.41, 5.74) is 0. The van der Waals surface area contributed by atoms with Crippen molar-refractivity contribution in [3.05, 3.63) is 36.4 Å². The van der Waals surface area contributed by atoms with Gasteiger partial charge in [0, 0.05) is 38.1 Å². The molecule has 1 aromatic heterocycles. The summed E-state index contributed by atoms with van der Waals surface area (Å²) in [5, 5.41) is 0. The van der Waals surface area contributed by atoms with E-state index in [1.54, 1.807) is 30.6 Å². The molecule has 1 saturated heterocycles. The fourth-order valence-electron chi connectivity index (χ4n) is 3.16. The van der Waals surface area contributed by atoms with E-state index in [2.05, 4.69) is 14.9 Å². The minimum absolute atomic E-state index is 0.101. The average Bonchev–Trinajstić information content (AvgIpc) is 3.16. The molecule has 134 valence electrons. The molecule has 1 N–H and O–H groups in total. The van der Waals surface area contributed by atoms with E-state index in [1.807, 2.05) is 7.05 Å². The summed E-state index contributed by atoms with van der Waals surface area (Å²) >= 11 is 0. The number of hydrogen-bond donors (Lipinski definition) is 1. The van der Waals surface area contributed by atoms with E-state index in [0.717, 1.165) is 5.82 Å². The van der Waals surface area contributed by atoms with Crippen LogP contribution in [-0.4, -0.2) is 67.5 Å². The largest absolute Gasteiger partial charge is 0.486 e. The van der Waals surface area contributed by atoms with Crippen molar-refractivity contribution in [3.8, 4) is 11.5 Å². The van der Waals surface area contributed by atoms with Gasteiger partial charge in [0.1, 0.15) is 19.0 Å². The summed E-state index contributed by atoms with van der Waals surface area (Å²) in [4.78, 5) is 9.69. The minimum Gasteiger partial charge on any atom is -0.486 e. The van der Waals surface area contributed by atoms with Gasteiger partial charge in [0.25, 0.3) is 0 Å². The van der Waals surface area contributed by atoms with Crippen LogP contribution in [0.3, 0.4) is 0 Å². The fourth-order valence-corrected chi connectivity index (χ4v) is 4.61. The van der Waals surface area contributed by atoms with Gasteiger partial charge in [-0.2, -0.15) is 4.31 Å². The van der Waals surface area contributed by atoms with Gasteiger partial charge in [-0.25, -0.2) is 13.4 Å². The number of piperazine rings is 1. The molecule has 0 saturated carbocycles. The monoisotopic (exact) mass is 364 g/mol. The van der Waals surface area contributed by atoms with Crippen molar-refractivity contribution in [3.63, 3.8) is 0 Å². The lowest BCUT2D eigenvalue weighted by Gasteiger charge is -2.37. The molecule has 0 spiro atoms. The predicted molar refractivity (Wildman–Crippen MR) is 90.1 cm³/mol. The summed E-state index contributed by atoms with van der Waals surface area (Å²) < 4.78 is 38.6. The number of ether oxygens (including phenoxy) is 2. The lowest BCUT2D eigenvalue weighted by Crippen LogP contribution is -2.49. The first-order valence-corrected chi connectivity index (χ1v) is 9.59. The molecule has 4 rings (SSSR count). The Labute approximate surface area is 146 Å². The first-order chi connectivity index (χ1) is 12.1. The van der Waals surface area contributed by atoms with Crippen LogP contribution in [0, 0.1) is 0 Å². The maximum atomic E-state index is 13.1. The number of nitrogens with one attached hydrogen (secondary N) is 1. The molecule has 0 unspecified atom stereocenters. The van der Waals surface area contributed by atoms with Gasteiger partial charge < -0.3 is 14.5 Å². The third-order valence-corrected chi connectivity index (χ3v) is 6.46. The highest BCUT2D eigenvalue weighted by atomic mass is 32.2. The van der Waals surface area contributed by atoms with Gasteiger partial charge in [0.05, 0.1) is 10.9 Å². The van der Waals surface area contributed by atoms with Crippen LogP contribution in [-0.2, 0) is 10.0 Å². The summed E-state index contributed by atoms with van der Waals surface area (Å²) in [6.07, 6.45) is 3.43. The Kier molecular flexibility index (Phi) is 4.14. The number of aromatic amines is 1. The molecule has 9 heteroatoms. The van der Waals surface area contributed by atoms with Crippen LogP contribution in [0.2, 0.25) is 0 Å². The third kappa shape index (κ3) is 2.99. The molecule has 0 radical (unpaired) electrons. The molecule has 1 fully saturated rings. The van der Waals surface area contributed by atoms with Crippen molar-refractivity contribution in [1.82, 2.24) is 19.2 Å². The van der Waals surface area contributed by atoms with Gasteiger partial charge in [-0.05, 0) is 19.2 Å².